The zero-order chi connectivity index (χ0) is 16.2. The standard InChI is InChI=1S/C16H13ClN4OS/c1-2-15-20-21-16(23-15)19-14(22)8-7-12-6-4-10-3-5-11(17)9-13(10)18-12/h3-9H,2H2,1H3,(H,19,21,22). The van der Waals surface area contributed by atoms with Gasteiger partial charge < -0.3 is 0 Å². The number of rotatable bonds is 4. The van der Waals surface area contributed by atoms with Gasteiger partial charge in [-0.2, -0.15) is 0 Å². The Morgan fingerprint density at radius 3 is 2.91 bits per heavy atom. The molecule has 7 heteroatoms. The molecule has 0 fully saturated rings. The van der Waals surface area contributed by atoms with E-state index in [1.807, 2.05) is 31.2 Å². The number of pyridine rings is 1. The highest BCUT2D eigenvalue weighted by Gasteiger charge is 2.05. The Morgan fingerprint density at radius 2 is 2.13 bits per heavy atom. The van der Waals surface area contributed by atoms with Gasteiger partial charge in [-0.15, -0.1) is 10.2 Å². The lowest BCUT2D eigenvalue weighted by molar-refractivity contribution is -0.111. The second kappa shape index (κ2) is 6.85. The van der Waals surface area contributed by atoms with Crippen molar-refractivity contribution in [3.05, 3.63) is 52.1 Å². The summed E-state index contributed by atoms with van der Waals surface area (Å²) < 4.78 is 0. The van der Waals surface area contributed by atoms with Crippen LogP contribution in [0.2, 0.25) is 5.02 Å². The molecule has 0 spiro atoms. The Hall–Kier alpha value is -2.31. The molecule has 0 atom stereocenters. The van der Waals surface area contributed by atoms with E-state index in [-0.39, 0.29) is 5.91 Å². The number of aromatic nitrogens is 3. The van der Waals surface area contributed by atoms with Crippen LogP contribution in [0.5, 0.6) is 0 Å². The third-order valence-corrected chi connectivity index (χ3v) is 4.30. The molecule has 3 rings (SSSR count). The predicted molar refractivity (Wildman–Crippen MR) is 93.7 cm³/mol. The fraction of sp³-hybridized carbons (Fsp3) is 0.125. The Morgan fingerprint density at radius 1 is 1.30 bits per heavy atom. The fourth-order valence-electron chi connectivity index (χ4n) is 1.95. The highest BCUT2D eigenvalue weighted by atomic mass is 35.5. The molecular formula is C16H13ClN4OS. The van der Waals surface area contributed by atoms with E-state index in [2.05, 4.69) is 20.5 Å². The lowest BCUT2D eigenvalue weighted by Gasteiger charge is -2.00. The summed E-state index contributed by atoms with van der Waals surface area (Å²) >= 11 is 7.34. The van der Waals surface area contributed by atoms with Crippen LogP contribution in [0.1, 0.15) is 17.6 Å². The monoisotopic (exact) mass is 344 g/mol. The smallest absolute Gasteiger partial charge is 0.250 e. The largest absolute Gasteiger partial charge is 0.297 e. The highest BCUT2D eigenvalue weighted by Crippen LogP contribution is 2.18. The van der Waals surface area contributed by atoms with Gasteiger partial charge >= 0.3 is 0 Å². The van der Waals surface area contributed by atoms with Crippen LogP contribution in [0.15, 0.2) is 36.4 Å². The van der Waals surface area contributed by atoms with E-state index in [0.29, 0.717) is 15.8 Å². The van der Waals surface area contributed by atoms with Gasteiger partial charge in [0, 0.05) is 16.5 Å². The van der Waals surface area contributed by atoms with Crippen molar-refractivity contribution in [3.8, 4) is 0 Å². The van der Waals surface area contributed by atoms with E-state index in [9.17, 15) is 4.79 Å². The molecule has 0 unspecified atom stereocenters. The molecule has 1 aromatic carbocycles. The van der Waals surface area contributed by atoms with Gasteiger partial charge in [-0.05, 0) is 30.7 Å². The van der Waals surface area contributed by atoms with Crippen molar-refractivity contribution in [2.45, 2.75) is 13.3 Å². The molecular weight excluding hydrogens is 332 g/mol. The number of hydrogen-bond acceptors (Lipinski definition) is 5. The molecule has 0 aliphatic heterocycles. The van der Waals surface area contributed by atoms with Crippen molar-refractivity contribution >= 4 is 51.0 Å². The molecule has 0 saturated heterocycles. The first-order valence-electron chi connectivity index (χ1n) is 7.02. The van der Waals surface area contributed by atoms with E-state index in [1.54, 1.807) is 12.1 Å². The lowest BCUT2D eigenvalue weighted by Crippen LogP contribution is -2.07. The summed E-state index contributed by atoms with van der Waals surface area (Å²) in [7, 11) is 0. The topological polar surface area (TPSA) is 67.8 Å². The van der Waals surface area contributed by atoms with E-state index in [1.165, 1.54) is 17.4 Å². The first-order chi connectivity index (χ1) is 11.1. The Kier molecular flexibility index (Phi) is 4.64. The quantitative estimate of drug-likeness (QED) is 0.727. The average Bonchev–Trinajstić information content (AvgIpc) is 3.00. The molecule has 2 aromatic heterocycles. The van der Waals surface area contributed by atoms with Crippen molar-refractivity contribution in [2.24, 2.45) is 0 Å². The number of carbonyl (C=O) groups is 1. The molecule has 1 N–H and O–H groups in total. The van der Waals surface area contributed by atoms with Crippen molar-refractivity contribution in [1.29, 1.82) is 0 Å². The van der Waals surface area contributed by atoms with Crippen LogP contribution < -0.4 is 5.32 Å². The summed E-state index contributed by atoms with van der Waals surface area (Å²) in [4.78, 5) is 16.3. The molecule has 0 bridgehead atoms. The van der Waals surface area contributed by atoms with Gasteiger partial charge in [0.1, 0.15) is 5.01 Å². The molecule has 0 radical (unpaired) electrons. The summed E-state index contributed by atoms with van der Waals surface area (Å²) in [6, 6.07) is 9.31. The number of fused-ring (bicyclic) bond motifs is 1. The number of halogens is 1. The maximum Gasteiger partial charge on any atom is 0.250 e. The molecule has 23 heavy (non-hydrogen) atoms. The van der Waals surface area contributed by atoms with E-state index in [0.717, 1.165) is 22.3 Å². The van der Waals surface area contributed by atoms with Gasteiger partial charge in [0.05, 0.1) is 11.2 Å². The Bertz CT molecular complexity index is 891. The second-order valence-electron chi connectivity index (χ2n) is 4.75. The van der Waals surface area contributed by atoms with Gasteiger partial charge in [0.25, 0.3) is 0 Å². The normalized spacial score (nSPS) is 11.2. The summed E-state index contributed by atoms with van der Waals surface area (Å²) in [6.07, 6.45) is 3.87. The van der Waals surface area contributed by atoms with Crippen molar-refractivity contribution < 1.29 is 4.79 Å². The number of benzene rings is 1. The van der Waals surface area contributed by atoms with Crippen LogP contribution in [0.4, 0.5) is 5.13 Å². The SMILES string of the molecule is CCc1nnc(NC(=O)C=Cc2ccc3ccc(Cl)cc3n2)s1. The van der Waals surface area contributed by atoms with Crippen LogP contribution in [0.3, 0.4) is 0 Å². The molecule has 2 heterocycles. The van der Waals surface area contributed by atoms with Gasteiger partial charge in [-0.25, -0.2) is 4.98 Å². The van der Waals surface area contributed by atoms with Crippen molar-refractivity contribution in [1.82, 2.24) is 15.2 Å². The van der Waals surface area contributed by atoms with Gasteiger partial charge in [0.2, 0.25) is 11.0 Å². The summed E-state index contributed by atoms with van der Waals surface area (Å²) in [6.45, 7) is 1.99. The predicted octanol–water partition coefficient (Wildman–Crippen LogP) is 3.95. The number of anilines is 1. The molecule has 0 saturated carbocycles. The fourth-order valence-corrected chi connectivity index (χ4v) is 2.80. The van der Waals surface area contributed by atoms with E-state index in [4.69, 9.17) is 11.6 Å². The minimum atomic E-state index is -0.267. The van der Waals surface area contributed by atoms with Gasteiger partial charge in [0.15, 0.2) is 0 Å². The maximum atomic E-state index is 11.9. The Labute approximate surface area is 142 Å². The number of nitrogens with one attached hydrogen (secondary N) is 1. The molecule has 116 valence electrons. The minimum absolute atomic E-state index is 0.267. The third kappa shape index (κ3) is 3.91. The van der Waals surface area contributed by atoms with Gasteiger partial charge in [-0.3, -0.25) is 10.1 Å². The first-order valence-corrected chi connectivity index (χ1v) is 8.21. The first kappa shape index (κ1) is 15.6. The van der Waals surface area contributed by atoms with E-state index < -0.39 is 0 Å². The van der Waals surface area contributed by atoms with Crippen LogP contribution in [0, 0.1) is 0 Å². The van der Waals surface area contributed by atoms with Crippen LogP contribution >= 0.6 is 22.9 Å². The summed E-state index contributed by atoms with van der Waals surface area (Å²) in [5.74, 6) is -0.267. The average molecular weight is 345 g/mol. The molecule has 5 nitrogen and oxygen atoms in total. The maximum absolute atomic E-state index is 11.9. The lowest BCUT2D eigenvalue weighted by atomic mass is 10.2. The number of nitrogens with zero attached hydrogens (tertiary/aromatic N) is 3. The van der Waals surface area contributed by atoms with Crippen LogP contribution in [-0.2, 0) is 11.2 Å². The van der Waals surface area contributed by atoms with E-state index >= 15 is 0 Å². The number of hydrogen-bond donors (Lipinski definition) is 1. The number of amides is 1. The van der Waals surface area contributed by atoms with Crippen molar-refractivity contribution in [3.63, 3.8) is 0 Å². The minimum Gasteiger partial charge on any atom is -0.297 e. The highest BCUT2D eigenvalue weighted by molar-refractivity contribution is 7.15. The van der Waals surface area contributed by atoms with Crippen molar-refractivity contribution in [2.75, 3.05) is 5.32 Å². The van der Waals surface area contributed by atoms with Gasteiger partial charge in [-0.1, -0.05) is 42.0 Å². The molecule has 0 aliphatic carbocycles. The summed E-state index contributed by atoms with van der Waals surface area (Å²) in [5, 5.41) is 13.6. The zero-order valence-corrected chi connectivity index (χ0v) is 13.9. The summed E-state index contributed by atoms with van der Waals surface area (Å²) in [5.41, 5.74) is 1.47. The zero-order valence-electron chi connectivity index (χ0n) is 12.3. The third-order valence-electron chi connectivity index (χ3n) is 3.08. The number of carbonyl (C=O) groups excluding carboxylic acids is 1. The van der Waals surface area contributed by atoms with Crippen LogP contribution in [-0.4, -0.2) is 21.1 Å². The number of aryl methyl sites for hydroxylation is 1. The Balaban J connectivity index is 1.72. The molecule has 1 amide bonds. The van der Waals surface area contributed by atoms with Crippen LogP contribution in [0.25, 0.3) is 17.0 Å². The molecule has 0 aliphatic rings. The molecule has 3 aromatic rings. The second-order valence-corrected chi connectivity index (χ2v) is 6.25.